The SMILES string of the molecule is NCCOc1ccc(N)c(N)c1. The summed E-state index contributed by atoms with van der Waals surface area (Å²) in [5, 5.41) is 0. The molecule has 66 valence electrons. The van der Waals surface area contributed by atoms with Gasteiger partial charge >= 0.3 is 0 Å². The summed E-state index contributed by atoms with van der Waals surface area (Å²) in [6.07, 6.45) is 0. The lowest BCUT2D eigenvalue weighted by Crippen LogP contribution is -2.10. The molecule has 0 atom stereocenters. The smallest absolute Gasteiger partial charge is 0.121 e. The highest BCUT2D eigenvalue weighted by Crippen LogP contribution is 2.20. The van der Waals surface area contributed by atoms with E-state index in [-0.39, 0.29) is 0 Å². The van der Waals surface area contributed by atoms with Gasteiger partial charge in [0.25, 0.3) is 0 Å². The lowest BCUT2D eigenvalue weighted by Gasteiger charge is -2.06. The quantitative estimate of drug-likeness (QED) is 0.561. The molecule has 4 nitrogen and oxygen atoms in total. The maximum absolute atomic E-state index is 5.56. The number of nitrogen functional groups attached to an aromatic ring is 2. The molecule has 0 amide bonds. The van der Waals surface area contributed by atoms with Crippen molar-refractivity contribution >= 4 is 11.4 Å². The van der Waals surface area contributed by atoms with E-state index in [1.807, 2.05) is 0 Å². The summed E-state index contributed by atoms with van der Waals surface area (Å²) in [6.45, 7) is 0.980. The van der Waals surface area contributed by atoms with E-state index >= 15 is 0 Å². The van der Waals surface area contributed by atoms with Crippen molar-refractivity contribution in [3.63, 3.8) is 0 Å². The summed E-state index contributed by atoms with van der Waals surface area (Å²) >= 11 is 0. The Balaban J connectivity index is 2.69. The first-order valence-electron chi connectivity index (χ1n) is 3.72. The molecule has 0 fully saturated rings. The third-order valence-electron chi connectivity index (χ3n) is 1.44. The zero-order valence-electron chi connectivity index (χ0n) is 6.79. The van der Waals surface area contributed by atoms with E-state index in [0.29, 0.717) is 30.3 Å². The van der Waals surface area contributed by atoms with Gasteiger partial charge in [0.2, 0.25) is 0 Å². The Morgan fingerprint density at radius 1 is 1.17 bits per heavy atom. The van der Waals surface area contributed by atoms with Crippen molar-refractivity contribution in [3.8, 4) is 5.75 Å². The van der Waals surface area contributed by atoms with Gasteiger partial charge in [0.15, 0.2) is 0 Å². The topological polar surface area (TPSA) is 87.3 Å². The predicted octanol–water partition coefficient (Wildman–Crippen LogP) is 0.188. The number of hydrogen-bond donors (Lipinski definition) is 3. The molecule has 0 aromatic heterocycles. The molecular formula is C8H13N3O. The maximum Gasteiger partial charge on any atom is 0.121 e. The number of hydrogen-bond acceptors (Lipinski definition) is 4. The Bertz CT molecular complexity index is 262. The first kappa shape index (κ1) is 8.67. The molecule has 1 aromatic carbocycles. The highest BCUT2D eigenvalue weighted by molar-refractivity contribution is 5.65. The van der Waals surface area contributed by atoms with E-state index < -0.39 is 0 Å². The minimum Gasteiger partial charge on any atom is -0.492 e. The lowest BCUT2D eigenvalue weighted by atomic mass is 10.2. The van der Waals surface area contributed by atoms with Gasteiger partial charge in [0, 0.05) is 12.6 Å². The second kappa shape index (κ2) is 3.82. The zero-order valence-corrected chi connectivity index (χ0v) is 6.79. The van der Waals surface area contributed by atoms with Crippen LogP contribution < -0.4 is 21.9 Å². The predicted molar refractivity (Wildman–Crippen MR) is 49.8 cm³/mol. The molecule has 0 heterocycles. The van der Waals surface area contributed by atoms with Crippen LogP contribution in [0.25, 0.3) is 0 Å². The Hall–Kier alpha value is -1.42. The summed E-state index contributed by atoms with van der Waals surface area (Å²) in [7, 11) is 0. The number of anilines is 2. The van der Waals surface area contributed by atoms with E-state index in [4.69, 9.17) is 21.9 Å². The molecule has 12 heavy (non-hydrogen) atoms. The largest absolute Gasteiger partial charge is 0.492 e. The summed E-state index contributed by atoms with van der Waals surface area (Å²) in [5.74, 6) is 0.701. The Morgan fingerprint density at radius 3 is 2.50 bits per heavy atom. The summed E-state index contributed by atoms with van der Waals surface area (Å²) in [4.78, 5) is 0. The molecule has 0 aliphatic rings. The van der Waals surface area contributed by atoms with Crippen LogP contribution in [-0.2, 0) is 0 Å². The zero-order chi connectivity index (χ0) is 8.97. The molecule has 0 aliphatic heterocycles. The average Bonchev–Trinajstić information content (AvgIpc) is 2.07. The molecule has 0 radical (unpaired) electrons. The first-order valence-corrected chi connectivity index (χ1v) is 3.72. The molecular weight excluding hydrogens is 154 g/mol. The Labute approximate surface area is 71.3 Å². The Morgan fingerprint density at radius 2 is 1.92 bits per heavy atom. The van der Waals surface area contributed by atoms with E-state index in [0.717, 1.165) is 0 Å². The molecule has 1 aromatic rings. The molecule has 0 saturated carbocycles. The second-order valence-electron chi connectivity index (χ2n) is 2.43. The van der Waals surface area contributed by atoms with Crippen LogP contribution in [0.4, 0.5) is 11.4 Å². The van der Waals surface area contributed by atoms with E-state index in [1.165, 1.54) is 0 Å². The van der Waals surface area contributed by atoms with Gasteiger partial charge in [0.05, 0.1) is 11.4 Å². The number of rotatable bonds is 3. The Kier molecular flexibility index (Phi) is 2.76. The van der Waals surface area contributed by atoms with E-state index in [9.17, 15) is 0 Å². The highest BCUT2D eigenvalue weighted by atomic mass is 16.5. The second-order valence-corrected chi connectivity index (χ2v) is 2.43. The van der Waals surface area contributed by atoms with Crippen molar-refractivity contribution in [1.82, 2.24) is 0 Å². The minimum absolute atomic E-state index is 0.489. The molecule has 1 rings (SSSR count). The molecule has 0 unspecified atom stereocenters. The number of ether oxygens (including phenoxy) is 1. The van der Waals surface area contributed by atoms with Crippen molar-refractivity contribution in [2.75, 3.05) is 24.6 Å². The van der Waals surface area contributed by atoms with Gasteiger partial charge in [-0.3, -0.25) is 0 Å². The average molecular weight is 167 g/mol. The van der Waals surface area contributed by atoms with Gasteiger partial charge in [0.1, 0.15) is 12.4 Å². The fourth-order valence-corrected chi connectivity index (χ4v) is 0.819. The molecule has 4 heteroatoms. The van der Waals surface area contributed by atoms with Crippen molar-refractivity contribution in [3.05, 3.63) is 18.2 Å². The van der Waals surface area contributed by atoms with Crippen LogP contribution >= 0.6 is 0 Å². The van der Waals surface area contributed by atoms with Crippen LogP contribution in [0.2, 0.25) is 0 Å². The van der Waals surface area contributed by atoms with Crippen molar-refractivity contribution < 1.29 is 4.74 Å². The van der Waals surface area contributed by atoms with Crippen molar-refractivity contribution in [2.24, 2.45) is 5.73 Å². The van der Waals surface area contributed by atoms with Crippen molar-refractivity contribution in [1.29, 1.82) is 0 Å². The minimum atomic E-state index is 0.489. The fraction of sp³-hybridized carbons (Fsp3) is 0.250. The third-order valence-corrected chi connectivity index (χ3v) is 1.44. The van der Waals surface area contributed by atoms with Crippen LogP contribution in [0.3, 0.4) is 0 Å². The van der Waals surface area contributed by atoms with E-state index in [1.54, 1.807) is 18.2 Å². The number of nitrogens with two attached hydrogens (primary N) is 3. The molecule has 0 aliphatic carbocycles. The molecule has 6 N–H and O–H groups in total. The van der Waals surface area contributed by atoms with Crippen LogP contribution in [0, 0.1) is 0 Å². The highest BCUT2D eigenvalue weighted by Gasteiger charge is 1.96. The van der Waals surface area contributed by atoms with E-state index in [2.05, 4.69) is 0 Å². The number of benzene rings is 1. The van der Waals surface area contributed by atoms with Gasteiger partial charge < -0.3 is 21.9 Å². The molecule has 0 spiro atoms. The first-order chi connectivity index (χ1) is 5.74. The summed E-state index contributed by atoms with van der Waals surface area (Å²) < 4.78 is 5.23. The normalized spacial score (nSPS) is 9.75. The summed E-state index contributed by atoms with van der Waals surface area (Å²) in [6, 6.07) is 5.16. The van der Waals surface area contributed by atoms with Gasteiger partial charge in [-0.2, -0.15) is 0 Å². The fourth-order valence-electron chi connectivity index (χ4n) is 0.819. The third kappa shape index (κ3) is 2.03. The van der Waals surface area contributed by atoms with Gasteiger partial charge in [-0.1, -0.05) is 0 Å². The van der Waals surface area contributed by atoms with Crippen LogP contribution in [0.5, 0.6) is 5.75 Å². The van der Waals surface area contributed by atoms with Crippen LogP contribution in [0.1, 0.15) is 0 Å². The van der Waals surface area contributed by atoms with Gasteiger partial charge in [-0.15, -0.1) is 0 Å². The monoisotopic (exact) mass is 167 g/mol. The van der Waals surface area contributed by atoms with Crippen LogP contribution in [0.15, 0.2) is 18.2 Å². The van der Waals surface area contributed by atoms with Crippen molar-refractivity contribution in [2.45, 2.75) is 0 Å². The van der Waals surface area contributed by atoms with Crippen LogP contribution in [-0.4, -0.2) is 13.2 Å². The molecule has 0 saturated heterocycles. The molecule has 0 bridgehead atoms. The maximum atomic E-state index is 5.56. The lowest BCUT2D eigenvalue weighted by molar-refractivity contribution is 0.328. The standard InChI is InChI=1S/C8H13N3O/c9-3-4-12-6-1-2-7(10)8(11)5-6/h1-2,5H,3-4,9-11H2. The van der Waals surface area contributed by atoms with Gasteiger partial charge in [-0.05, 0) is 12.1 Å². The summed E-state index contributed by atoms with van der Waals surface area (Å²) in [5.41, 5.74) is 17.4. The van der Waals surface area contributed by atoms with Gasteiger partial charge in [-0.25, -0.2) is 0 Å².